The maximum atomic E-state index is 12.3. The van der Waals surface area contributed by atoms with E-state index < -0.39 is 0 Å². The molecule has 2 aromatic rings. The molecular formula is C18H17N3O2. The molecule has 2 amide bonds. The van der Waals surface area contributed by atoms with Crippen LogP contribution in [0.4, 0.5) is 5.69 Å². The molecule has 2 rings (SSSR count). The van der Waals surface area contributed by atoms with Crippen LogP contribution < -0.4 is 10.6 Å². The maximum Gasteiger partial charge on any atom is 0.255 e. The molecule has 5 nitrogen and oxygen atoms in total. The van der Waals surface area contributed by atoms with Gasteiger partial charge in [0.05, 0.1) is 11.6 Å². The van der Waals surface area contributed by atoms with Gasteiger partial charge in [0.15, 0.2) is 0 Å². The van der Waals surface area contributed by atoms with Crippen LogP contribution in [-0.4, -0.2) is 17.9 Å². The van der Waals surface area contributed by atoms with Gasteiger partial charge in [-0.3, -0.25) is 9.59 Å². The molecule has 0 unspecified atom stereocenters. The van der Waals surface area contributed by atoms with Gasteiger partial charge in [0.25, 0.3) is 11.8 Å². The van der Waals surface area contributed by atoms with Crippen LogP contribution in [-0.2, 0) is 0 Å². The summed E-state index contributed by atoms with van der Waals surface area (Å²) in [4.78, 5) is 24.2. The number of benzene rings is 2. The smallest absolute Gasteiger partial charge is 0.255 e. The van der Waals surface area contributed by atoms with Crippen LogP contribution in [0.5, 0.6) is 0 Å². The van der Waals surface area contributed by atoms with Crippen molar-refractivity contribution < 1.29 is 9.59 Å². The van der Waals surface area contributed by atoms with E-state index in [0.717, 1.165) is 0 Å². The molecule has 0 fully saturated rings. The minimum atomic E-state index is -0.311. The zero-order valence-corrected chi connectivity index (χ0v) is 13.0. The average molecular weight is 307 g/mol. The fourth-order valence-corrected chi connectivity index (χ4v) is 1.98. The second kappa shape index (κ2) is 7.23. The quantitative estimate of drug-likeness (QED) is 0.911. The van der Waals surface area contributed by atoms with Crippen molar-refractivity contribution in [2.75, 3.05) is 5.32 Å². The van der Waals surface area contributed by atoms with E-state index in [-0.39, 0.29) is 17.9 Å². The number of nitrogens with zero attached hydrogens (tertiary/aromatic N) is 1. The predicted octanol–water partition coefficient (Wildman–Crippen LogP) is 2.95. The molecule has 2 N–H and O–H groups in total. The van der Waals surface area contributed by atoms with E-state index in [4.69, 9.17) is 5.26 Å². The normalized spacial score (nSPS) is 10.0. The molecule has 0 aromatic heterocycles. The predicted molar refractivity (Wildman–Crippen MR) is 88.2 cm³/mol. The summed E-state index contributed by atoms with van der Waals surface area (Å²) < 4.78 is 0. The van der Waals surface area contributed by atoms with Gasteiger partial charge < -0.3 is 10.6 Å². The van der Waals surface area contributed by atoms with Crippen LogP contribution in [0.2, 0.25) is 0 Å². The minimum absolute atomic E-state index is 0.0265. The number of nitriles is 1. The standard InChI is InChI=1S/C18H17N3O2/c1-12(2)20-17(22)14-4-3-5-15(10-14)18(23)21-16-8-6-13(11-19)7-9-16/h3-10,12H,1-2H3,(H,20,22)(H,21,23). The Morgan fingerprint density at radius 2 is 1.61 bits per heavy atom. The number of carbonyl (C=O) groups is 2. The zero-order valence-electron chi connectivity index (χ0n) is 13.0. The number of hydrogen-bond donors (Lipinski definition) is 2. The number of carbonyl (C=O) groups excluding carboxylic acids is 2. The van der Waals surface area contributed by atoms with Crippen molar-refractivity contribution in [3.8, 4) is 6.07 Å². The van der Waals surface area contributed by atoms with E-state index in [0.29, 0.717) is 22.4 Å². The summed E-state index contributed by atoms with van der Waals surface area (Å²) >= 11 is 0. The maximum absolute atomic E-state index is 12.3. The Balaban J connectivity index is 2.13. The van der Waals surface area contributed by atoms with Crippen molar-refractivity contribution in [2.45, 2.75) is 19.9 Å². The van der Waals surface area contributed by atoms with Crippen LogP contribution in [0.3, 0.4) is 0 Å². The third kappa shape index (κ3) is 4.42. The molecule has 0 saturated heterocycles. The molecule has 0 radical (unpaired) electrons. The van der Waals surface area contributed by atoms with Crippen molar-refractivity contribution >= 4 is 17.5 Å². The zero-order chi connectivity index (χ0) is 16.8. The van der Waals surface area contributed by atoms with Gasteiger partial charge in [0, 0.05) is 22.9 Å². The van der Waals surface area contributed by atoms with Gasteiger partial charge in [-0.1, -0.05) is 6.07 Å². The molecule has 0 aliphatic carbocycles. The first-order chi connectivity index (χ1) is 11.0. The van der Waals surface area contributed by atoms with E-state index in [9.17, 15) is 9.59 Å². The summed E-state index contributed by atoms with van der Waals surface area (Å²) in [5.41, 5.74) is 1.94. The highest BCUT2D eigenvalue weighted by molar-refractivity contribution is 6.06. The molecule has 0 heterocycles. The topological polar surface area (TPSA) is 82.0 Å². The fraction of sp³-hybridized carbons (Fsp3) is 0.167. The summed E-state index contributed by atoms with van der Waals surface area (Å²) in [6, 6.07) is 15.1. The average Bonchev–Trinajstić information content (AvgIpc) is 2.55. The van der Waals surface area contributed by atoms with Crippen LogP contribution in [0.1, 0.15) is 40.1 Å². The molecule has 2 aromatic carbocycles. The second-order valence-electron chi connectivity index (χ2n) is 5.35. The van der Waals surface area contributed by atoms with Crippen molar-refractivity contribution in [2.24, 2.45) is 0 Å². The largest absolute Gasteiger partial charge is 0.350 e. The van der Waals surface area contributed by atoms with Crippen molar-refractivity contribution in [3.63, 3.8) is 0 Å². The molecule has 0 spiro atoms. The summed E-state index contributed by atoms with van der Waals surface area (Å²) in [6.45, 7) is 3.75. The third-order valence-electron chi connectivity index (χ3n) is 3.08. The van der Waals surface area contributed by atoms with Gasteiger partial charge in [-0.05, 0) is 56.3 Å². The Labute approximate surface area is 134 Å². The molecule has 5 heteroatoms. The van der Waals surface area contributed by atoms with Gasteiger partial charge >= 0.3 is 0 Å². The van der Waals surface area contributed by atoms with Crippen molar-refractivity contribution in [1.29, 1.82) is 5.26 Å². The van der Waals surface area contributed by atoms with E-state index in [2.05, 4.69) is 10.6 Å². The number of nitrogens with one attached hydrogen (secondary N) is 2. The lowest BCUT2D eigenvalue weighted by Crippen LogP contribution is -2.30. The molecule has 0 aliphatic rings. The highest BCUT2D eigenvalue weighted by Crippen LogP contribution is 2.12. The lowest BCUT2D eigenvalue weighted by atomic mass is 10.1. The first-order valence-electron chi connectivity index (χ1n) is 7.22. The monoisotopic (exact) mass is 307 g/mol. The fourth-order valence-electron chi connectivity index (χ4n) is 1.98. The van der Waals surface area contributed by atoms with Crippen LogP contribution in [0.15, 0.2) is 48.5 Å². The first kappa shape index (κ1) is 16.2. The van der Waals surface area contributed by atoms with E-state index in [1.54, 1.807) is 48.5 Å². The van der Waals surface area contributed by atoms with Gasteiger partial charge in [0.1, 0.15) is 0 Å². The first-order valence-corrected chi connectivity index (χ1v) is 7.22. The van der Waals surface area contributed by atoms with Crippen molar-refractivity contribution in [1.82, 2.24) is 5.32 Å². The number of anilines is 1. The van der Waals surface area contributed by atoms with Crippen LogP contribution in [0, 0.1) is 11.3 Å². The second-order valence-corrected chi connectivity index (χ2v) is 5.35. The molecule has 0 atom stereocenters. The Hall–Kier alpha value is -3.13. The van der Waals surface area contributed by atoms with Gasteiger partial charge in [-0.25, -0.2) is 0 Å². The third-order valence-corrected chi connectivity index (χ3v) is 3.08. The molecule has 23 heavy (non-hydrogen) atoms. The minimum Gasteiger partial charge on any atom is -0.350 e. The Bertz CT molecular complexity index is 759. The summed E-state index contributed by atoms with van der Waals surface area (Å²) in [5, 5.41) is 14.3. The Morgan fingerprint density at radius 1 is 1.00 bits per heavy atom. The van der Waals surface area contributed by atoms with Crippen LogP contribution >= 0.6 is 0 Å². The number of rotatable bonds is 4. The number of amides is 2. The lowest BCUT2D eigenvalue weighted by molar-refractivity contribution is 0.0943. The summed E-state index contributed by atoms with van der Waals surface area (Å²) in [7, 11) is 0. The number of hydrogen-bond acceptors (Lipinski definition) is 3. The summed E-state index contributed by atoms with van der Waals surface area (Å²) in [5.74, 6) is -0.526. The Kier molecular flexibility index (Phi) is 5.11. The van der Waals surface area contributed by atoms with E-state index in [1.807, 2.05) is 19.9 Å². The lowest BCUT2D eigenvalue weighted by Gasteiger charge is -2.10. The molecule has 0 bridgehead atoms. The highest BCUT2D eigenvalue weighted by atomic mass is 16.2. The van der Waals surface area contributed by atoms with Gasteiger partial charge in [-0.2, -0.15) is 5.26 Å². The van der Waals surface area contributed by atoms with Gasteiger partial charge in [0.2, 0.25) is 0 Å². The van der Waals surface area contributed by atoms with Crippen molar-refractivity contribution in [3.05, 3.63) is 65.2 Å². The summed E-state index contributed by atoms with van der Waals surface area (Å²) in [6.07, 6.45) is 0. The Morgan fingerprint density at radius 3 is 2.17 bits per heavy atom. The van der Waals surface area contributed by atoms with Gasteiger partial charge in [-0.15, -0.1) is 0 Å². The van der Waals surface area contributed by atoms with E-state index >= 15 is 0 Å². The highest BCUT2D eigenvalue weighted by Gasteiger charge is 2.11. The molecule has 0 aliphatic heterocycles. The van der Waals surface area contributed by atoms with Crippen LogP contribution in [0.25, 0.3) is 0 Å². The molecule has 116 valence electrons. The molecular weight excluding hydrogens is 290 g/mol. The SMILES string of the molecule is CC(C)NC(=O)c1cccc(C(=O)Nc2ccc(C#N)cc2)c1. The molecule has 0 saturated carbocycles. The van der Waals surface area contributed by atoms with E-state index in [1.165, 1.54) is 0 Å².